The Morgan fingerprint density at radius 1 is 0.952 bits per heavy atom. The predicted molar refractivity (Wildman–Crippen MR) is 169 cm³/mol. The van der Waals surface area contributed by atoms with Crippen LogP contribution in [0.3, 0.4) is 0 Å². The van der Waals surface area contributed by atoms with E-state index in [0.29, 0.717) is 30.6 Å². The van der Waals surface area contributed by atoms with E-state index in [9.17, 15) is 4.79 Å². The van der Waals surface area contributed by atoms with E-state index in [1.54, 1.807) is 0 Å². The summed E-state index contributed by atoms with van der Waals surface area (Å²) in [7, 11) is 2.01. The summed E-state index contributed by atoms with van der Waals surface area (Å²) in [5.74, 6) is 0.914. The number of aromatic amines is 1. The topological polar surface area (TPSA) is 93.8 Å². The third-order valence-electron chi connectivity index (χ3n) is 8.28. The Kier molecular flexibility index (Phi) is 8.29. The molecule has 214 valence electrons. The molecule has 5 aromatic rings. The molecule has 1 saturated heterocycles. The SMILES string of the molecule is CN(CCC#N)c1ccc(-c2nc3cc4[nH]c(=O)c(Cc5ccccc5)nc4cc3n2CCCN2CCCCC2)cc1. The lowest BCUT2D eigenvalue weighted by Gasteiger charge is -2.26. The van der Waals surface area contributed by atoms with Crippen molar-refractivity contribution in [3.8, 4) is 17.5 Å². The molecule has 0 saturated carbocycles. The molecule has 0 spiro atoms. The number of likely N-dealkylation sites (tertiary alicyclic amines) is 1. The van der Waals surface area contributed by atoms with Crippen molar-refractivity contribution in [3.05, 3.63) is 88.3 Å². The van der Waals surface area contributed by atoms with Crippen molar-refractivity contribution >= 4 is 27.8 Å². The van der Waals surface area contributed by atoms with Crippen molar-refractivity contribution < 1.29 is 0 Å². The van der Waals surface area contributed by atoms with Gasteiger partial charge in [0, 0.05) is 37.8 Å². The Hall–Kier alpha value is -4.48. The van der Waals surface area contributed by atoms with Gasteiger partial charge in [-0.15, -0.1) is 0 Å². The Balaban J connectivity index is 1.37. The molecule has 6 rings (SSSR count). The highest BCUT2D eigenvalue weighted by Gasteiger charge is 2.17. The number of nitriles is 1. The fourth-order valence-electron chi connectivity index (χ4n) is 5.95. The Morgan fingerprint density at radius 2 is 1.74 bits per heavy atom. The molecular formula is C34H37N7O. The second kappa shape index (κ2) is 12.6. The maximum Gasteiger partial charge on any atom is 0.270 e. The number of nitrogens with zero attached hydrogens (tertiary/aromatic N) is 6. The fourth-order valence-corrected chi connectivity index (χ4v) is 5.95. The smallest absolute Gasteiger partial charge is 0.270 e. The minimum atomic E-state index is -0.164. The molecule has 0 atom stereocenters. The summed E-state index contributed by atoms with van der Waals surface area (Å²) in [5.41, 5.74) is 6.85. The Labute approximate surface area is 246 Å². The molecule has 1 fully saturated rings. The van der Waals surface area contributed by atoms with Crippen LogP contribution in [-0.2, 0) is 13.0 Å². The maximum absolute atomic E-state index is 12.9. The monoisotopic (exact) mass is 559 g/mol. The first kappa shape index (κ1) is 27.7. The van der Waals surface area contributed by atoms with Crippen LogP contribution in [0, 0.1) is 11.3 Å². The average molecular weight is 560 g/mol. The zero-order valence-electron chi connectivity index (χ0n) is 24.2. The minimum Gasteiger partial charge on any atom is -0.374 e. The zero-order chi connectivity index (χ0) is 28.9. The maximum atomic E-state index is 12.9. The van der Waals surface area contributed by atoms with Gasteiger partial charge in [0.15, 0.2) is 0 Å². The molecule has 1 aliphatic rings. The third-order valence-corrected chi connectivity index (χ3v) is 8.28. The van der Waals surface area contributed by atoms with Crippen LogP contribution in [0.1, 0.15) is 43.4 Å². The van der Waals surface area contributed by atoms with Crippen LogP contribution in [0.5, 0.6) is 0 Å². The summed E-state index contributed by atoms with van der Waals surface area (Å²) >= 11 is 0. The molecule has 2 aromatic heterocycles. The van der Waals surface area contributed by atoms with Crippen LogP contribution in [0.15, 0.2) is 71.5 Å². The molecule has 0 unspecified atom stereocenters. The number of rotatable bonds is 10. The molecule has 1 N–H and O–H groups in total. The normalized spacial score (nSPS) is 13.9. The van der Waals surface area contributed by atoms with Crippen molar-refractivity contribution in [2.75, 3.05) is 38.1 Å². The van der Waals surface area contributed by atoms with Gasteiger partial charge in [-0.25, -0.2) is 9.97 Å². The van der Waals surface area contributed by atoms with Crippen LogP contribution >= 0.6 is 0 Å². The van der Waals surface area contributed by atoms with Gasteiger partial charge in [-0.05, 0) is 80.9 Å². The van der Waals surface area contributed by atoms with Gasteiger partial charge in [-0.2, -0.15) is 5.26 Å². The second-order valence-electron chi connectivity index (χ2n) is 11.3. The molecule has 8 heteroatoms. The predicted octanol–water partition coefficient (Wildman–Crippen LogP) is 5.76. The van der Waals surface area contributed by atoms with Gasteiger partial charge in [0.2, 0.25) is 0 Å². The zero-order valence-corrected chi connectivity index (χ0v) is 24.2. The van der Waals surface area contributed by atoms with E-state index < -0.39 is 0 Å². The van der Waals surface area contributed by atoms with Crippen LogP contribution in [0.25, 0.3) is 33.5 Å². The van der Waals surface area contributed by atoms with Gasteiger partial charge in [-0.1, -0.05) is 36.8 Å². The molecule has 42 heavy (non-hydrogen) atoms. The van der Waals surface area contributed by atoms with Crippen LogP contribution < -0.4 is 10.5 Å². The average Bonchev–Trinajstić information content (AvgIpc) is 3.37. The number of nitrogens with one attached hydrogen (secondary N) is 1. The van der Waals surface area contributed by atoms with Crippen molar-refractivity contribution in [1.29, 1.82) is 5.26 Å². The molecule has 0 aliphatic carbocycles. The molecular weight excluding hydrogens is 522 g/mol. The molecule has 3 aromatic carbocycles. The van der Waals surface area contributed by atoms with Crippen LogP contribution in [0.2, 0.25) is 0 Å². The van der Waals surface area contributed by atoms with E-state index >= 15 is 0 Å². The van der Waals surface area contributed by atoms with Crippen LogP contribution in [0.4, 0.5) is 5.69 Å². The van der Waals surface area contributed by atoms with E-state index in [4.69, 9.17) is 15.2 Å². The quantitative estimate of drug-likeness (QED) is 0.234. The van der Waals surface area contributed by atoms with Gasteiger partial charge >= 0.3 is 0 Å². The lowest BCUT2D eigenvalue weighted by Crippen LogP contribution is -2.31. The van der Waals surface area contributed by atoms with Gasteiger partial charge in [0.05, 0.1) is 34.6 Å². The number of hydrogen-bond acceptors (Lipinski definition) is 6. The van der Waals surface area contributed by atoms with E-state index in [0.717, 1.165) is 58.7 Å². The highest BCUT2D eigenvalue weighted by Crippen LogP contribution is 2.29. The van der Waals surface area contributed by atoms with Gasteiger partial charge in [-0.3, -0.25) is 4.79 Å². The number of anilines is 1. The Morgan fingerprint density at radius 3 is 2.50 bits per heavy atom. The van der Waals surface area contributed by atoms with Crippen molar-refractivity contribution in [1.82, 2.24) is 24.4 Å². The number of H-pyrrole nitrogens is 1. The number of aryl methyl sites for hydroxylation is 1. The van der Waals surface area contributed by atoms with Crippen molar-refractivity contribution in [3.63, 3.8) is 0 Å². The number of hydrogen-bond donors (Lipinski definition) is 1. The molecule has 0 bridgehead atoms. The fraction of sp³-hybridized carbons (Fsp3) is 0.353. The number of fused-ring (bicyclic) bond motifs is 2. The first-order valence-electron chi connectivity index (χ1n) is 15.0. The summed E-state index contributed by atoms with van der Waals surface area (Å²) in [6.45, 7) is 4.98. The molecule has 3 heterocycles. The van der Waals surface area contributed by atoms with Crippen molar-refractivity contribution in [2.24, 2.45) is 0 Å². The van der Waals surface area contributed by atoms with Crippen molar-refractivity contribution in [2.45, 2.75) is 45.1 Å². The number of aromatic nitrogens is 4. The second-order valence-corrected chi connectivity index (χ2v) is 11.3. The Bertz CT molecular complexity index is 1760. The first-order valence-corrected chi connectivity index (χ1v) is 15.0. The highest BCUT2D eigenvalue weighted by molar-refractivity contribution is 5.93. The summed E-state index contributed by atoms with van der Waals surface area (Å²) < 4.78 is 2.32. The van der Waals surface area contributed by atoms with Gasteiger partial charge in [0.1, 0.15) is 11.5 Å². The third kappa shape index (κ3) is 6.07. The van der Waals surface area contributed by atoms with E-state index in [-0.39, 0.29) is 5.56 Å². The minimum absolute atomic E-state index is 0.164. The number of benzene rings is 3. The molecule has 1 aliphatic heterocycles. The summed E-state index contributed by atoms with van der Waals surface area (Å²) in [6.07, 6.45) is 5.92. The lowest BCUT2D eigenvalue weighted by atomic mass is 10.1. The summed E-state index contributed by atoms with van der Waals surface area (Å²) in [4.78, 5) is 30.6. The highest BCUT2D eigenvalue weighted by atomic mass is 16.1. The van der Waals surface area contributed by atoms with Crippen LogP contribution in [-0.4, -0.2) is 57.6 Å². The standard InChI is InChI=1S/C34H37N7O/c1-39(17-8-16-35)27-14-12-26(13-15-27)33-37-30-23-28-29(36-31(34(42)38-28)22-25-10-4-2-5-11-25)24-32(30)41(33)21-9-20-40-18-6-3-7-19-40/h2,4-5,10-15,23-24H,3,6-9,17-22H2,1H3,(H,38,42). The van der Waals surface area contributed by atoms with Gasteiger partial charge < -0.3 is 19.4 Å². The molecule has 0 radical (unpaired) electrons. The van der Waals surface area contributed by atoms with E-state index in [1.807, 2.05) is 43.4 Å². The summed E-state index contributed by atoms with van der Waals surface area (Å²) in [5, 5.41) is 8.96. The van der Waals surface area contributed by atoms with E-state index in [2.05, 4.69) is 55.8 Å². The first-order chi connectivity index (χ1) is 20.6. The largest absolute Gasteiger partial charge is 0.374 e. The molecule has 0 amide bonds. The van der Waals surface area contributed by atoms with Gasteiger partial charge in [0.25, 0.3) is 5.56 Å². The molecule has 8 nitrogen and oxygen atoms in total. The van der Waals surface area contributed by atoms with E-state index in [1.165, 1.54) is 32.4 Å². The lowest BCUT2D eigenvalue weighted by molar-refractivity contribution is 0.223. The summed E-state index contributed by atoms with van der Waals surface area (Å²) in [6, 6.07) is 24.6. The number of piperidine rings is 1. The number of imidazole rings is 1.